The van der Waals surface area contributed by atoms with Crippen LogP contribution in [-0.4, -0.2) is 9.97 Å². The fourth-order valence-corrected chi connectivity index (χ4v) is 3.36. The Hall–Kier alpha value is -2.26. The van der Waals surface area contributed by atoms with Gasteiger partial charge in [0.05, 0.1) is 10.4 Å². The van der Waals surface area contributed by atoms with Gasteiger partial charge in [-0.25, -0.2) is 0 Å². The highest BCUT2D eigenvalue weighted by atomic mass is 32.1. The minimum atomic E-state index is 0.976. The lowest BCUT2D eigenvalue weighted by Crippen LogP contribution is -1.83. The Morgan fingerprint density at radius 2 is 1.79 bits per heavy atom. The van der Waals surface area contributed by atoms with Crippen molar-refractivity contribution in [2.75, 3.05) is 0 Å². The number of hydrogen-bond donors (Lipinski definition) is 0. The normalized spacial score (nSPS) is 11.2. The first kappa shape index (κ1) is 10.6. The average Bonchev–Trinajstić information content (AvgIpc) is 2.86. The van der Waals surface area contributed by atoms with Gasteiger partial charge in [-0.2, -0.15) is 0 Å². The third-order valence-electron chi connectivity index (χ3n) is 3.22. The van der Waals surface area contributed by atoms with Crippen LogP contribution in [0.15, 0.2) is 61.1 Å². The molecule has 3 heterocycles. The second-order valence-corrected chi connectivity index (χ2v) is 5.49. The molecule has 4 aromatic rings. The molecule has 0 bridgehead atoms. The Bertz CT molecular complexity index is 866. The summed E-state index contributed by atoms with van der Waals surface area (Å²) in [6, 6.07) is 14.6. The number of benzene rings is 1. The van der Waals surface area contributed by atoms with Crippen LogP contribution in [0.2, 0.25) is 0 Å². The van der Waals surface area contributed by atoms with E-state index < -0.39 is 0 Å². The van der Waals surface area contributed by atoms with Crippen LogP contribution in [0.25, 0.3) is 31.4 Å². The minimum absolute atomic E-state index is 0.976. The quantitative estimate of drug-likeness (QED) is 0.504. The summed E-state index contributed by atoms with van der Waals surface area (Å²) in [6.45, 7) is 0. The average molecular weight is 262 g/mol. The van der Waals surface area contributed by atoms with Crippen LogP contribution in [0, 0.1) is 0 Å². The van der Waals surface area contributed by atoms with Crippen LogP contribution < -0.4 is 0 Å². The maximum Gasteiger partial charge on any atom is 0.0724 e. The zero-order valence-electron chi connectivity index (χ0n) is 10.1. The largest absolute Gasteiger partial charge is 0.264 e. The molecule has 2 nitrogen and oxygen atoms in total. The highest BCUT2D eigenvalue weighted by Crippen LogP contribution is 2.34. The summed E-state index contributed by atoms with van der Waals surface area (Å²) in [6.07, 6.45) is 5.59. The van der Waals surface area contributed by atoms with E-state index in [0.717, 1.165) is 11.3 Å². The maximum absolute atomic E-state index is 4.54. The van der Waals surface area contributed by atoms with Crippen LogP contribution >= 0.6 is 11.3 Å². The molecule has 19 heavy (non-hydrogen) atoms. The van der Waals surface area contributed by atoms with Crippen LogP contribution in [0.5, 0.6) is 0 Å². The molecule has 0 saturated heterocycles. The van der Waals surface area contributed by atoms with Gasteiger partial charge in [-0.1, -0.05) is 18.2 Å². The summed E-state index contributed by atoms with van der Waals surface area (Å²) >= 11 is 1.79. The van der Waals surface area contributed by atoms with Crippen LogP contribution in [0.1, 0.15) is 0 Å². The summed E-state index contributed by atoms with van der Waals surface area (Å²) in [7, 11) is 0. The van der Waals surface area contributed by atoms with Crippen molar-refractivity contribution in [1.82, 2.24) is 9.97 Å². The molecule has 0 N–H and O–H groups in total. The molecule has 90 valence electrons. The molecule has 0 aliphatic heterocycles. The Kier molecular flexibility index (Phi) is 2.32. The van der Waals surface area contributed by atoms with Crippen molar-refractivity contribution in [3.8, 4) is 11.3 Å². The lowest BCUT2D eigenvalue weighted by molar-refractivity contribution is 1.29. The topological polar surface area (TPSA) is 25.8 Å². The smallest absolute Gasteiger partial charge is 0.0724 e. The van der Waals surface area contributed by atoms with E-state index in [9.17, 15) is 0 Å². The van der Waals surface area contributed by atoms with E-state index in [2.05, 4.69) is 40.3 Å². The van der Waals surface area contributed by atoms with Gasteiger partial charge in [0.15, 0.2) is 0 Å². The fraction of sp³-hybridized carbons (Fsp3) is 0. The van der Waals surface area contributed by atoms with Gasteiger partial charge in [0.1, 0.15) is 0 Å². The molecule has 3 aromatic heterocycles. The zero-order chi connectivity index (χ0) is 12.7. The Morgan fingerprint density at radius 3 is 2.68 bits per heavy atom. The van der Waals surface area contributed by atoms with E-state index in [1.54, 1.807) is 17.5 Å². The monoisotopic (exact) mass is 262 g/mol. The lowest BCUT2D eigenvalue weighted by Gasteiger charge is -2.00. The summed E-state index contributed by atoms with van der Waals surface area (Å²) < 4.78 is 2.54. The van der Waals surface area contributed by atoms with Crippen molar-refractivity contribution in [2.24, 2.45) is 0 Å². The number of rotatable bonds is 1. The summed E-state index contributed by atoms with van der Waals surface area (Å²) in [4.78, 5) is 8.70. The number of fused-ring (bicyclic) bond motifs is 3. The van der Waals surface area contributed by atoms with Gasteiger partial charge in [0, 0.05) is 39.6 Å². The van der Waals surface area contributed by atoms with E-state index in [0.29, 0.717) is 0 Å². The van der Waals surface area contributed by atoms with Crippen molar-refractivity contribution in [2.45, 2.75) is 0 Å². The SMILES string of the molecule is c1cncc(-c2cc3c(cn2)sc2ccccc23)c1. The predicted molar refractivity (Wildman–Crippen MR) is 80.4 cm³/mol. The highest BCUT2D eigenvalue weighted by Gasteiger charge is 2.07. The van der Waals surface area contributed by atoms with Gasteiger partial charge in [-0.05, 0) is 24.3 Å². The molecule has 0 fully saturated rings. The first-order valence-corrected chi connectivity index (χ1v) is 6.91. The molecule has 0 spiro atoms. The molecular weight excluding hydrogens is 252 g/mol. The summed E-state index contributed by atoms with van der Waals surface area (Å²) in [5.41, 5.74) is 2.03. The molecule has 1 aromatic carbocycles. The standard InChI is InChI=1S/C16H10N2S/c1-2-6-15-12(5-1)13-8-14(18-10-16(13)19-15)11-4-3-7-17-9-11/h1-10H. The van der Waals surface area contributed by atoms with Gasteiger partial charge >= 0.3 is 0 Å². The van der Waals surface area contributed by atoms with E-state index in [-0.39, 0.29) is 0 Å². The molecule has 0 atom stereocenters. The predicted octanol–water partition coefficient (Wildman–Crippen LogP) is 4.51. The summed E-state index contributed by atoms with van der Waals surface area (Å²) in [5.74, 6) is 0. The van der Waals surface area contributed by atoms with Crippen molar-refractivity contribution >= 4 is 31.5 Å². The molecule has 0 radical (unpaired) electrons. The van der Waals surface area contributed by atoms with Crippen molar-refractivity contribution in [1.29, 1.82) is 0 Å². The first-order chi connectivity index (χ1) is 9.42. The van der Waals surface area contributed by atoms with E-state index in [1.165, 1.54) is 20.2 Å². The molecule has 0 amide bonds. The van der Waals surface area contributed by atoms with Gasteiger partial charge in [-0.15, -0.1) is 11.3 Å². The third-order valence-corrected chi connectivity index (χ3v) is 4.34. The number of hydrogen-bond acceptors (Lipinski definition) is 3. The number of thiophene rings is 1. The number of nitrogens with zero attached hydrogens (tertiary/aromatic N) is 2. The highest BCUT2D eigenvalue weighted by molar-refractivity contribution is 7.25. The minimum Gasteiger partial charge on any atom is -0.264 e. The lowest BCUT2D eigenvalue weighted by atomic mass is 10.1. The summed E-state index contributed by atoms with van der Waals surface area (Å²) in [5, 5.41) is 2.57. The fourth-order valence-electron chi connectivity index (χ4n) is 2.30. The van der Waals surface area contributed by atoms with Crippen LogP contribution in [0.3, 0.4) is 0 Å². The van der Waals surface area contributed by atoms with E-state index in [4.69, 9.17) is 0 Å². The Balaban J connectivity index is 2.03. The van der Waals surface area contributed by atoms with Gasteiger partial charge in [-0.3, -0.25) is 9.97 Å². The van der Waals surface area contributed by atoms with Crippen LogP contribution in [0.4, 0.5) is 0 Å². The second kappa shape index (κ2) is 4.14. The molecule has 3 heteroatoms. The van der Waals surface area contributed by atoms with Gasteiger partial charge < -0.3 is 0 Å². The Labute approximate surface area is 114 Å². The van der Waals surface area contributed by atoms with E-state index >= 15 is 0 Å². The molecular formula is C16H10N2S. The molecule has 0 aliphatic rings. The zero-order valence-corrected chi connectivity index (χ0v) is 10.9. The van der Waals surface area contributed by atoms with Crippen molar-refractivity contribution in [3.05, 3.63) is 61.1 Å². The van der Waals surface area contributed by atoms with E-state index in [1.807, 2.05) is 24.5 Å². The number of pyridine rings is 2. The van der Waals surface area contributed by atoms with Crippen molar-refractivity contribution < 1.29 is 0 Å². The molecule has 0 aliphatic carbocycles. The molecule has 0 unspecified atom stereocenters. The third kappa shape index (κ3) is 1.71. The molecule has 4 rings (SSSR count). The molecule has 0 saturated carbocycles. The van der Waals surface area contributed by atoms with Gasteiger partial charge in [0.25, 0.3) is 0 Å². The number of aromatic nitrogens is 2. The van der Waals surface area contributed by atoms with Crippen LogP contribution in [-0.2, 0) is 0 Å². The Morgan fingerprint density at radius 1 is 0.842 bits per heavy atom. The first-order valence-electron chi connectivity index (χ1n) is 6.09. The second-order valence-electron chi connectivity index (χ2n) is 4.41. The van der Waals surface area contributed by atoms with Crippen molar-refractivity contribution in [3.63, 3.8) is 0 Å². The van der Waals surface area contributed by atoms with Gasteiger partial charge in [0.2, 0.25) is 0 Å². The maximum atomic E-state index is 4.54.